The van der Waals surface area contributed by atoms with Crippen LogP contribution in [0, 0.1) is 11.2 Å². The molecule has 2 rings (SSSR count). The zero-order valence-electron chi connectivity index (χ0n) is 11.3. The minimum atomic E-state index is -0.428. The van der Waals surface area contributed by atoms with Crippen LogP contribution in [0.5, 0.6) is 0 Å². The lowest BCUT2D eigenvalue weighted by Gasteiger charge is -2.39. The van der Waals surface area contributed by atoms with Crippen LogP contribution in [0.15, 0.2) is 24.3 Å². The number of para-hydroxylation sites is 1. The van der Waals surface area contributed by atoms with Crippen LogP contribution in [0.1, 0.15) is 20.3 Å². The summed E-state index contributed by atoms with van der Waals surface area (Å²) >= 11 is 0. The molecule has 0 saturated carbocycles. The fourth-order valence-corrected chi connectivity index (χ4v) is 2.32. The number of benzene rings is 1. The monoisotopic (exact) mass is 265 g/mol. The average Bonchev–Trinajstić information content (AvgIpc) is 2.35. The van der Waals surface area contributed by atoms with E-state index >= 15 is 0 Å². The first-order valence-corrected chi connectivity index (χ1v) is 6.52. The fraction of sp³-hybridized carbons (Fsp3) is 0.500. The molecule has 1 saturated heterocycles. The molecule has 0 radical (unpaired) electrons. The zero-order chi connectivity index (χ0) is 13.9. The largest absolute Gasteiger partial charge is 0.334 e. The Morgan fingerprint density at radius 2 is 2.16 bits per heavy atom. The van der Waals surface area contributed by atoms with E-state index in [-0.39, 0.29) is 23.2 Å². The molecule has 0 aromatic heterocycles. The summed E-state index contributed by atoms with van der Waals surface area (Å²) in [6.07, 6.45) is 0.873. The van der Waals surface area contributed by atoms with Gasteiger partial charge in [-0.3, -0.25) is 0 Å². The molecule has 1 aliphatic rings. The molecule has 1 atom stereocenters. The second-order valence-electron chi connectivity index (χ2n) is 5.58. The van der Waals surface area contributed by atoms with E-state index in [2.05, 4.69) is 29.8 Å². The van der Waals surface area contributed by atoms with Crippen LogP contribution < -0.4 is 16.0 Å². The SMILES string of the molecule is CC1(C)CNCCC1NC(=O)Nc1ccccc1F. The van der Waals surface area contributed by atoms with Gasteiger partial charge in [-0.2, -0.15) is 0 Å². The van der Waals surface area contributed by atoms with Gasteiger partial charge in [-0.15, -0.1) is 0 Å². The number of piperidine rings is 1. The Morgan fingerprint density at radius 1 is 1.42 bits per heavy atom. The molecular weight excluding hydrogens is 245 g/mol. The summed E-state index contributed by atoms with van der Waals surface area (Å²) in [5, 5.41) is 8.78. The standard InChI is InChI=1S/C14H20FN3O/c1-14(2)9-16-8-7-12(14)18-13(19)17-11-6-4-3-5-10(11)15/h3-6,12,16H,7-9H2,1-2H3,(H2,17,18,19). The lowest BCUT2D eigenvalue weighted by molar-refractivity contribution is 0.184. The van der Waals surface area contributed by atoms with Gasteiger partial charge >= 0.3 is 6.03 Å². The van der Waals surface area contributed by atoms with Crippen LogP contribution in [-0.2, 0) is 0 Å². The molecule has 3 N–H and O–H groups in total. The Bertz CT molecular complexity index is 462. The molecule has 1 aromatic rings. The quantitative estimate of drug-likeness (QED) is 0.768. The van der Waals surface area contributed by atoms with Gasteiger partial charge in [0.1, 0.15) is 5.82 Å². The Morgan fingerprint density at radius 3 is 2.84 bits per heavy atom. The molecule has 1 heterocycles. The highest BCUT2D eigenvalue weighted by atomic mass is 19.1. The van der Waals surface area contributed by atoms with E-state index in [0.29, 0.717) is 0 Å². The van der Waals surface area contributed by atoms with Gasteiger partial charge in [-0.25, -0.2) is 9.18 Å². The van der Waals surface area contributed by atoms with Gasteiger partial charge in [0.2, 0.25) is 0 Å². The molecule has 19 heavy (non-hydrogen) atoms. The van der Waals surface area contributed by atoms with Crippen molar-refractivity contribution < 1.29 is 9.18 Å². The molecular formula is C14H20FN3O. The third-order valence-electron chi connectivity index (χ3n) is 3.56. The number of halogens is 1. The number of amides is 2. The highest BCUT2D eigenvalue weighted by Crippen LogP contribution is 2.25. The number of carbonyl (C=O) groups excluding carboxylic acids is 1. The van der Waals surface area contributed by atoms with Gasteiger partial charge in [0.15, 0.2) is 0 Å². The second kappa shape index (κ2) is 5.57. The number of hydrogen-bond acceptors (Lipinski definition) is 2. The predicted molar refractivity (Wildman–Crippen MR) is 73.6 cm³/mol. The molecule has 0 spiro atoms. The van der Waals surface area contributed by atoms with E-state index in [1.807, 2.05) is 0 Å². The van der Waals surface area contributed by atoms with Gasteiger partial charge in [-0.05, 0) is 30.5 Å². The minimum Gasteiger partial charge on any atom is -0.334 e. The normalized spacial score (nSPS) is 21.7. The molecule has 1 aliphatic heterocycles. The summed E-state index contributed by atoms with van der Waals surface area (Å²) in [5.41, 5.74) is 0.192. The van der Waals surface area contributed by atoms with Gasteiger partial charge in [0.05, 0.1) is 5.69 Å². The van der Waals surface area contributed by atoms with E-state index in [1.165, 1.54) is 6.07 Å². The van der Waals surface area contributed by atoms with Crippen molar-refractivity contribution in [1.82, 2.24) is 10.6 Å². The van der Waals surface area contributed by atoms with Gasteiger partial charge in [-0.1, -0.05) is 26.0 Å². The van der Waals surface area contributed by atoms with Crippen molar-refractivity contribution in [1.29, 1.82) is 0 Å². The number of nitrogens with one attached hydrogen (secondary N) is 3. The third kappa shape index (κ3) is 3.44. The molecule has 104 valence electrons. The van der Waals surface area contributed by atoms with Crippen molar-refractivity contribution in [3.05, 3.63) is 30.1 Å². The summed E-state index contributed by atoms with van der Waals surface area (Å²) in [4.78, 5) is 11.9. The molecule has 0 bridgehead atoms. The summed E-state index contributed by atoms with van der Waals surface area (Å²) in [5.74, 6) is -0.428. The predicted octanol–water partition coefficient (Wildman–Crippen LogP) is 2.34. The van der Waals surface area contributed by atoms with Crippen LogP contribution in [-0.4, -0.2) is 25.2 Å². The Kier molecular flexibility index (Phi) is 4.04. The Hall–Kier alpha value is -1.62. The maximum Gasteiger partial charge on any atom is 0.319 e. The third-order valence-corrected chi connectivity index (χ3v) is 3.56. The molecule has 2 amide bonds. The maximum atomic E-state index is 13.4. The summed E-state index contributed by atoms with van der Waals surface area (Å²) in [7, 11) is 0. The van der Waals surface area contributed by atoms with E-state index in [9.17, 15) is 9.18 Å². The molecule has 1 aromatic carbocycles. The van der Waals surface area contributed by atoms with Gasteiger partial charge in [0.25, 0.3) is 0 Å². The molecule has 4 nitrogen and oxygen atoms in total. The molecule has 5 heteroatoms. The summed E-state index contributed by atoms with van der Waals surface area (Å²) < 4.78 is 13.4. The fourth-order valence-electron chi connectivity index (χ4n) is 2.32. The molecule has 1 unspecified atom stereocenters. The molecule has 0 aliphatic carbocycles. The first kappa shape index (κ1) is 13.8. The van der Waals surface area contributed by atoms with E-state index in [0.717, 1.165) is 19.5 Å². The minimum absolute atomic E-state index is 0.00910. The van der Waals surface area contributed by atoms with Crippen LogP contribution in [0.4, 0.5) is 14.9 Å². The number of hydrogen-bond donors (Lipinski definition) is 3. The van der Waals surface area contributed by atoms with Crippen LogP contribution in [0.3, 0.4) is 0 Å². The van der Waals surface area contributed by atoms with E-state index < -0.39 is 5.82 Å². The average molecular weight is 265 g/mol. The first-order chi connectivity index (χ1) is 8.99. The van der Waals surface area contributed by atoms with Crippen molar-refractivity contribution in [2.45, 2.75) is 26.3 Å². The number of anilines is 1. The number of urea groups is 1. The summed E-state index contributed by atoms with van der Waals surface area (Å²) in [6, 6.07) is 5.87. The first-order valence-electron chi connectivity index (χ1n) is 6.52. The van der Waals surface area contributed by atoms with Crippen molar-refractivity contribution in [3.8, 4) is 0 Å². The van der Waals surface area contributed by atoms with Gasteiger partial charge < -0.3 is 16.0 Å². The van der Waals surface area contributed by atoms with Crippen molar-refractivity contribution in [3.63, 3.8) is 0 Å². The van der Waals surface area contributed by atoms with E-state index in [4.69, 9.17) is 0 Å². The van der Waals surface area contributed by atoms with Crippen LogP contribution in [0.2, 0.25) is 0 Å². The van der Waals surface area contributed by atoms with Crippen molar-refractivity contribution >= 4 is 11.7 Å². The Balaban J connectivity index is 1.96. The molecule has 1 fully saturated rings. The van der Waals surface area contributed by atoms with E-state index in [1.54, 1.807) is 18.2 Å². The van der Waals surface area contributed by atoms with Crippen molar-refractivity contribution in [2.24, 2.45) is 5.41 Å². The highest BCUT2D eigenvalue weighted by Gasteiger charge is 2.33. The smallest absolute Gasteiger partial charge is 0.319 e. The lowest BCUT2D eigenvalue weighted by Crippen LogP contribution is -2.55. The highest BCUT2D eigenvalue weighted by molar-refractivity contribution is 5.89. The maximum absolute atomic E-state index is 13.4. The summed E-state index contributed by atoms with van der Waals surface area (Å²) in [6.45, 7) is 5.95. The lowest BCUT2D eigenvalue weighted by atomic mass is 9.80. The van der Waals surface area contributed by atoms with Crippen molar-refractivity contribution in [2.75, 3.05) is 18.4 Å². The number of rotatable bonds is 2. The topological polar surface area (TPSA) is 53.2 Å². The number of carbonyl (C=O) groups is 1. The zero-order valence-corrected chi connectivity index (χ0v) is 11.3. The second-order valence-corrected chi connectivity index (χ2v) is 5.58. The van der Waals surface area contributed by atoms with Crippen LogP contribution in [0.25, 0.3) is 0 Å². The van der Waals surface area contributed by atoms with Crippen LogP contribution >= 0.6 is 0 Å². The Labute approximate surface area is 112 Å². The van der Waals surface area contributed by atoms with Gasteiger partial charge in [0, 0.05) is 12.6 Å².